The van der Waals surface area contributed by atoms with Gasteiger partial charge in [0.05, 0.1) is 5.69 Å². The number of aromatic nitrogens is 2. The molecule has 0 radical (unpaired) electrons. The Balaban J connectivity index is 1.79. The van der Waals surface area contributed by atoms with Crippen LogP contribution in [-0.4, -0.2) is 16.5 Å². The number of halogens is 1. The molecule has 2 N–H and O–H groups in total. The van der Waals surface area contributed by atoms with Gasteiger partial charge >= 0.3 is 0 Å². The average molecular weight is 298 g/mol. The molecule has 1 aromatic rings. The second-order valence-electron chi connectivity index (χ2n) is 6.53. The molecule has 0 aliphatic heterocycles. The van der Waals surface area contributed by atoms with Gasteiger partial charge in [0, 0.05) is 19.5 Å². The molecule has 3 nitrogen and oxygen atoms in total. The van der Waals surface area contributed by atoms with Crippen LogP contribution in [0, 0.1) is 5.41 Å². The van der Waals surface area contributed by atoms with E-state index in [4.69, 9.17) is 11.6 Å². The zero-order valence-corrected chi connectivity index (χ0v) is 13.7. The molecule has 1 heterocycles. The first-order valence-electron chi connectivity index (χ1n) is 8.07. The van der Waals surface area contributed by atoms with Crippen LogP contribution in [0.25, 0.3) is 0 Å². The fraction of sp³-hybridized carbons (Fsp3) is 0.812. The van der Waals surface area contributed by atoms with Crippen molar-refractivity contribution in [3.8, 4) is 0 Å². The number of hydrogen-bond acceptors (Lipinski definition) is 2. The van der Waals surface area contributed by atoms with Crippen molar-refractivity contribution in [3.05, 3.63) is 16.7 Å². The van der Waals surface area contributed by atoms with Gasteiger partial charge in [-0.2, -0.15) is 0 Å². The minimum Gasteiger partial charge on any atom is -0.344 e. The maximum absolute atomic E-state index is 6.20. The number of aromatic amines is 1. The molecule has 20 heavy (non-hydrogen) atoms. The van der Waals surface area contributed by atoms with E-state index in [9.17, 15) is 0 Å². The number of nitrogens with one attached hydrogen (secondary N) is 2. The van der Waals surface area contributed by atoms with Gasteiger partial charge in [0.25, 0.3) is 0 Å². The maximum atomic E-state index is 6.20. The summed E-state index contributed by atoms with van der Waals surface area (Å²) in [6.45, 7) is 6.47. The number of hydrogen-bond donors (Lipinski definition) is 2. The van der Waals surface area contributed by atoms with E-state index in [-0.39, 0.29) is 0 Å². The van der Waals surface area contributed by atoms with Gasteiger partial charge in [0.1, 0.15) is 5.82 Å². The van der Waals surface area contributed by atoms with Crippen molar-refractivity contribution in [2.45, 2.75) is 71.8 Å². The monoisotopic (exact) mass is 297 g/mol. The third kappa shape index (κ3) is 4.49. The van der Waals surface area contributed by atoms with Gasteiger partial charge in [-0.1, -0.05) is 51.1 Å². The number of imidazole rings is 1. The Morgan fingerprint density at radius 1 is 1.30 bits per heavy atom. The minimum atomic E-state index is 0.468. The number of nitrogens with zero attached hydrogens (tertiary/aromatic N) is 1. The van der Waals surface area contributed by atoms with Crippen molar-refractivity contribution in [1.29, 1.82) is 0 Å². The highest BCUT2D eigenvalue weighted by Gasteiger charge is 2.26. The molecule has 1 aliphatic carbocycles. The third-order valence-electron chi connectivity index (χ3n) is 4.46. The lowest BCUT2D eigenvalue weighted by atomic mass is 9.76. The van der Waals surface area contributed by atoms with E-state index in [1.165, 1.54) is 38.5 Å². The van der Waals surface area contributed by atoms with Crippen LogP contribution >= 0.6 is 11.6 Å². The van der Waals surface area contributed by atoms with Crippen LogP contribution in [0.4, 0.5) is 0 Å². The summed E-state index contributed by atoms with van der Waals surface area (Å²) in [6, 6.07) is 0. The summed E-state index contributed by atoms with van der Waals surface area (Å²) in [5, 5.41) is 4.20. The van der Waals surface area contributed by atoms with Crippen molar-refractivity contribution in [3.63, 3.8) is 0 Å². The summed E-state index contributed by atoms with van der Waals surface area (Å²) in [5.74, 6) is 1.03. The summed E-state index contributed by atoms with van der Waals surface area (Å²) in [6.07, 6.45) is 10.2. The predicted octanol–water partition coefficient (Wildman–Crippen LogP) is 4.47. The first kappa shape index (κ1) is 15.8. The van der Waals surface area contributed by atoms with Gasteiger partial charge in [-0.25, -0.2) is 4.98 Å². The Labute approximate surface area is 127 Å². The lowest BCUT2D eigenvalue weighted by Gasteiger charge is -2.33. The maximum Gasteiger partial charge on any atom is 0.151 e. The molecular formula is C16H28ClN3. The van der Waals surface area contributed by atoms with E-state index in [1.807, 2.05) is 0 Å². The average Bonchev–Trinajstić information content (AvgIpc) is 2.78. The Bertz CT molecular complexity index is 408. The van der Waals surface area contributed by atoms with Crippen LogP contribution < -0.4 is 5.32 Å². The third-order valence-corrected chi connectivity index (χ3v) is 4.77. The minimum absolute atomic E-state index is 0.468. The summed E-state index contributed by atoms with van der Waals surface area (Å²) in [7, 11) is 0. The molecule has 0 unspecified atom stereocenters. The topological polar surface area (TPSA) is 40.7 Å². The number of H-pyrrole nitrogens is 1. The van der Waals surface area contributed by atoms with Crippen molar-refractivity contribution < 1.29 is 0 Å². The molecular weight excluding hydrogens is 270 g/mol. The molecule has 0 spiro atoms. The molecule has 0 amide bonds. The van der Waals surface area contributed by atoms with E-state index in [1.54, 1.807) is 0 Å². The summed E-state index contributed by atoms with van der Waals surface area (Å²) in [4.78, 5) is 7.76. The van der Waals surface area contributed by atoms with Crippen molar-refractivity contribution in [2.75, 3.05) is 6.54 Å². The molecule has 114 valence electrons. The van der Waals surface area contributed by atoms with E-state index < -0.39 is 0 Å². The number of rotatable bonds is 7. The molecule has 2 rings (SSSR count). The highest BCUT2D eigenvalue weighted by atomic mass is 35.5. The quantitative estimate of drug-likeness (QED) is 0.780. The van der Waals surface area contributed by atoms with Crippen LogP contribution in [0.2, 0.25) is 5.15 Å². The van der Waals surface area contributed by atoms with E-state index in [2.05, 4.69) is 29.1 Å². The highest BCUT2D eigenvalue weighted by Crippen LogP contribution is 2.35. The molecule has 1 fully saturated rings. The van der Waals surface area contributed by atoms with Crippen LogP contribution in [0.1, 0.15) is 70.3 Å². The zero-order valence-electron chi connectivity index (χ0n) is 12.9. The number of aryl methyl sites for hydroxylation is 1. The normalized spacial score (nSPS) is 18.4. The molecule has 0 bridgehead atoms. The Kier molecular flexibility index (Phi) is 5.91. The zero-order chi connectivity index (χ0) is 14.4. The molecule has 1 saturated carbocycles. The van der Waals surface area contributed by atoms with Gasteiger partial charge < -0.3 is 10.3 Å². The lowest BCUT2D eigenvalue weighted by Crippen LogP contribution is -2.33. The fourth-order valence-electron chi connectivity index (χ4n) is 3.09. The molecule has 4 heteroatoms. The molecule has 0 saturated heterocycles. The van der Waals surface area contributed by atoms with Gasteiger partial charge in [-0.05, 0) is 24.7 Å². The first-order valence-corrected chi connectivity index (χ1v) is 8.45. The first-order chi connectivity index (χ1) is 9.63. The number of unbranched alkanes of at least 4 members (excludes halogenated alkanes) is 1. The lowest BCUT2D eigenvalue weighted by molar-refractivity contribution is 0.207. The SMILES string of the molecule is CCCCc1nc(Cl)c(CNCC2(C)CCCCC2)[nH]1. The van der Waals surface area contributed by atoms with Gasteiger partial charge in [-0.15, -0.1) is 0 Å². The van der Waals surface area contributed by atoms with E-state index in [0.717, 1.165) is 37.4 Å². The molecule has 1 aliphatic rings. The van der Waals surface area contributed by atoms with Crippen LogP contribution in [0.3, 0.4) is 0 Å². The molecule has 1 aromatic heterocycles. The smallest absolute Gasteiger partial charge is 0.151 e. The van der Waals surface area contributed by atoms with Crippen LogP contribution in [0.5, 0.6) is 0 Å². The Morgan fingerprint density at radius 3 is 2.75 bits per heavy atom. The predicted molar refractivity (Wildman–Crippen MR) is 85.1 cm³/mol. The van der Waals surface area contributed by atoms with E-state index in [0.29, 0.717) is 10.6 Å². The second-order valence-corrected chi connectivity index (χ2v) is 6.89. The van der Waals surface area contributed by atoms with E-state index >= 15 is 0 Å². The molecule has 0 aromatic carbocycles. The molecule has 0 atom stereocenters. The van der Waals surface area contributed by atoms with Gasteiger partial charge in [0.15, 0.2) is 5.15 Å². The van der Waals surface area contributed by atoms with Crippen molar-refractivity contribution in [1.82, 2.24) is 15.3 Å². The second kappa shape index (κ2) is 7.46. The highest BCUT2D eigenvalue weighted by molar-refractivity contribution is 6.30. The van der Waals surface area contributed by atoms with Crippen molar-refractivity contribution in [2.24, 2.45) is 5.41 Å². The standard InChI is InChI=1S/C16H28ClN3/c1-3-4-8-14-19-13(15(17)20-14)11-18-12-16(2)9-6-5-7-10-16/h18H,3-12H2,1-2H3,(H,19,20). The summed E-state index contributed by atoms with van der Waals surface area (Å²) >= 11 is 6.20. The van der Waals surface area contributed by atoms with Gasteiger partial charge in [-0.3, -0.25) is 0 Å². The van der Waals surface area contributed by atoms with Crippen LogP contribution in [-0.2, 0) is 13.0 Å². The fourth-order valence-corrected chi connectivity index (χ4v) is 3.31. The summed E-state index contributed by atoms with van der Waals surface area (Å²) < 4.78 is 0. The largest absolute Gasteiger partial charge is 0.344 e. The Morgan fingerprint density at radius 2 is 2.05 bits per heavy atom. The Hall–Kier alpha value is -0.540. The van der Waals surface area contributed by atoms with Gasteiger partial charge in [0.2, 0.25) is 0 Å². The van der Waals surface area contributed by atoms with Crippen LogP contribution in [0.15, 0.2) is 0 Å². The summed E-state index contributed by atoms with van der Waals surface area (Å²) in [5.41, 5.74) is 1.51. The van der Waals surface area contributed by atoms with Crippen molar-refractivity contribution >= 4 is 11.6 Å².